The van der Waals surface area contributed by atoms with E-state index in [0.29, 0.717) is 5.92 Å². The van der Waals surface area contributed by atoms with Gasteiger partial charge in [-0.25, -0.2) is 0 Å². The average Bonchev–Trinajstić information content (AvgIpc) is 2.78. The van der Waals surface area contributed by atoms with Crippen molar-refractivity contribution in [3.8, 4) is 10.6 Å². The molecule has 0 unspecified atom stereocenters. The zero-order valence-corrected chi connectivity index (χ0v) is 11.2. The molecule has 0 aliphatic carbocycles. The van der Waals surface area contributed by atoms with Crippen molar-refractivity contribution >= 4 is 11.3 Å². The van der Waals surface area contributed by atoms with Crippen LogP contribution in [0.3, 0.4) is 0 Å². The third-order valence-corrected chi connectivity index (χ3v) is 3.59. The number of nitrogens with one attached hydrogen (secondary N) is 1. The first-order valence-corrected chi connectivity index (χ1v) is 6.59. The highest BCUT2D eigenvalue weighted by atomic mass is 32.1. The molecule has 0 saturated heterocycles. The second-order valence-electron chi connectivity index (χ2n) is 4.31. The molecule has 0 bridgehead atoms. The van der Waals surface area contributed by atoms with Crippen LogP contribution < -0.4 is 5.32 Å². The van der Waals surface area contributed by atoms with E-state index >= 15 is 0 Å². The standard InChI is InChI=1S/C13H17N3S/c1-9(2)10-4-6-11(7-5-10)13-16-15-12(17-13)8-14-3/h4-7,9,14H,8H2,1-3H3. The van der Waals surface area contributed by atoms with Crippen LogP contribution in [0.15, 0.2) is 24.3 Å². The van der Waals surface area contributed by atoms with E-state index in [0.717, 1.165) is 22.1 Å². The van der Waals surface area contributed by atoms with E-state index in [-0.39, 0.29) is 0 Å². The summed E-state index contributed by atoms with van der Waals surface area (Å²) in [4.78, 5) is 0. The molecule has 90 valence electrons. The van der Waals surface area contributed by atoms with Crippen molar-refractivity contribution in [1.82, 2.24) is 15.5 Å². The van der Waals surface area contributed by atoms with Gasteiger partial charge < -0.3 is 5.32 Å². The van der Waals surface area contributed by atoms with Crippen molar-refractivity contribution < 1.29 is 0 Å². The SMILES string of the molecule is CNCc1nnc(-c2ccc(C(C)C)cc2)s1. The van der Waals surface area contributed by atoms with Crippen molar-refractivity contribution in [3.63, 3.8) is 0 Å². The van der Waals surface area contributed by atoms with Crippen LogP contribution in [0.2, 0.25) is 0 Å². The molecule has 0 aliphatic rings. The summed E-state index contributed by atoms with van der Waals surface area (Å²) >= 11 is 1.64. The van der Waals surface area contributed by atoms with Gasteiger partial charge in [0.15, 0.2) is 0 Å². The molecule has 0 spiro atoms. The largest absolute Gasteiger partial charge is 0.313 e. The zero-order chi connectivity index (χ0) is 12.3. The third kappa shape index (κ3) is 2.90. The second kappa shape index (κ2) is 5.38. The highest BCUT2D eigenvalue weighted by molar-refractivity contribution is 7.14. The van der Waals surface area contributed by atoms with Crippen LogP contribution in [0.5, 0.6) is 0 Å². The summed E-state index contributed by atoms with van der Waals surface area (Å²) < 4.78 is 0. The van der Waals surface area contributed by atoms with Gasteiger partial charge in [0.25, 0.3) is 0 Å². The van der Waals surface area contributed by atoms with E-state index in [1.165, 1.54) is 5.56 Å². The first kappa shape index (κ1) is 12.2. The Balaban J connectivity index is 2.21. The molecule has 1 aromatic carbocycles. The van der Waals surface area contributed by atoms with E-state index in [4.69, 9.17) is 0 Å². The molecule has 3 nitrogen and oxygen atoms in total. The van der Waals surface area contributed by atoms with Gasteiger partial charge in [-0.05, 0) is 18.5 Å². The van der Waals surface area contributed by atoms with Gasteiger partial charge in [0.05, 0.1) is 0 Å². The molecule has 0 atom stereocenters. The summed E-state index contributed by atoms with van der Waals surface area (Å²) in [5.74, 6) is 0.568. The third-order valence-electron chi connectivity index (χ3n) is 2.62. The van der Waals surface area contributed by atoms with Crippen molar-refractivity contribution in [1.29, 1.82) is 0 Å². The molecule has 4 heteroatoms. The minimum atomic E-state index is 0.568. The Kier molecular flexibility index (Phi) is 3.86. The van der Waals surface area contributed by atoms with Gasteiger partial charge >= 0.3 is 0 Å². The monoisotopic (exact) mass is 247 g/mol. The van der Waals surface area contributed by atoms with Gasteiger partial charge in [0.1, 0.15) is 10.0 Å². The minimum Gasteiger partial charge on any atom is -0.313 e. The van der Waals surface area contributed by atoms with Crippen molar-refractivity contribution in [2.24, 2.45) is 0 Å². The van der Waals surface area contributed by atoms with Crippen molar-refractivity contribution in [3.05, 3.63) is 34.8 Å². The average molecular weight is 247 g/mol. The summed E-state index contributed by atoms with van der Waals surface area (Å²) in [6.07, 6.45) is 0. The fraction of sp³-hybridized carbons (Fsp3) is 0.385. The van der Waals surface area contributed by atoms with Crippen LogP contribution in [-0.4, -0.2) is 17.2 Å². The predicted molar refractivity (Wildman–Crippen MR) is 72.2 cm³/mol. The molecule has 2 rings (SSSR count). The van der Waals surface area contributed by atoms with Crippen LogP contribution in [0.1, 0.15) is 30.3 Å². The summed E-state index contributed by atoms with van der Waals surface area (Å²) in [6, 6.07) is 8.58. The Morgan fingerprint density at radius 3 is 2.47 bits per heavy atom. The first-order valence-electron chi connectivity index (χ1n) is 5.78. The van der Waals surface area contributed by atoms with Gasteiger partial charge in [-0.3, -0.25) is 0 Å². The Bertz CT molecular complexity index is 474. The van der Waals surface area contributed by atoms with E-state index in [2.05, 4.69) is 53.6 Å². The van der Waals surface area contributed by atoms with Crippen LogP contribution in [0.25, 0.3) is 10.6 Å². The second-order valence-corrected chi connectivity index (χ2v) is 5.37. The van der Waals surface area contributed by atoms with Crippen molar-refractivity contribution in [2.45, 2.75) is 26.3 Å². The minimum absolute atomic E-state index is 0.568. The van der Waals surface area contributed by atoms with E-state index < -0.39 is 0 Å². The Morgan fingerprint density at radius 1 is 1.18 bits per heavy atom. The molecule has 2 aromatic rings. The van der Waals surface area contributed by atoms with Crippen LogP contribution in [0.4, 0.5) is 0 Å². The number of rotatable bonds is 4. The molecule has 0 saturated carbocycles. The van der Waals surface area contributed by atoms with Gasteiger partial charge in [0.2, 0.25) is 0 Å². The molecule has 17 heavy (non-hydrogen) atoms. The predicted octanol–water partition coefficient (Wildman–Crippen LogP) is 3.05. The molecule has 0 amide bonds. The van der Waals surface area contributed by atoms with E-state index in [9.17, 15) is 0 Å². The van der Waals surface area contributed by atoms with Crippen molar-refractivity contribution in [2.75, 3.05) is 7.05 Å². The lowest BCUT2D eigenvalue weighted by molar-refractivity contribution is 0.795. The number of hydrogen-bond donors (Lipinski definition) is 1. The number of hydrogen-bond acceptors (Lipinski definition) is 4. The quantitative estimate of drug-likeness (QED) is 0.902. The lowest BCUT2D eigenvalue weighted by Crippen LogP contribution is -2.04. The highest BCUT2D eigenvalue weighted by Gasteiger charge is 2.06. The maximum absolute atomic E-state index is 4.21. The summed E-state index contributed by atoms with van der Waals surface area (Å²) in [7, 11) is 1.92. The molecule has 1 aromatic heterocycles. The number of benzene rings is 1. The number of aromatic nitrogens is 2. The maximum atomic E-state index is 4.21. The first-order chi connectivity index (χ1) is 8.20. The zero-order valence-electron chi connectivity index (χ0n) is 10.4. The molecule has 0 fully saturated rings. The van der Waals surface area contributed by atoms with Gasteiger partial charge in [-0.2, -0.15) is 0 Å². The summed E-state index contributed by atoms with van der Waals surface area (Å²) in [5.41, 5.74) is 2.50. The maximum Gasteiger partial charge on any atom is 0.147 e. The Hall–Kier alpha value is -1.26. The van der Waals surface area contributed by atoms with Gasteiger partial charge in [-0.15, -0.1) is 10.2 Å². The smallest absolute Gasteiger partial charge is 0.147 e. The molecule has 1 heterocycles. The fourth-order valence-electron chi connectivity index (χ4n) is 1.60. The topological polar surface area (TPSA) is 37.8 Å². The summed E-state index contributed by atoms with van der Waals surface area (Å²) in [6.45, 7) is 5.18. The molecule has 0 radical (unpaired) electrons. The van der Waals surface area contributed by atoms with Gasteiger partial charge in [-0.1, -0.05) is 49.4 Å². The molecular formula is C13H17N3S. The van der Waals surface area contributed by atoms with E-state index in [1.807, 2.05) is 7.05 Å². The fourth-order valence-corrected chi connectivity index (χ4v) is 2.46. The summed E-state index contributed by atoms with van der Waals surface area (Å²) in [5, 5.41) is 13.4. The van der Waals surface area contributed by atoms with Crippen LogP contribution in [0, 0.1) is 0 Å². The van der Waals surface area contributed by atoms with Crippen LogP contribution >= 0.6 is 11.3 Å². The molecular weight excluding hydrogens is 230 g/mol. The Labute approximate surface area is 106 Å². The lowest BCUT2D eigenvalue weighted by atomic mass is 10.0. The van der Waals surface area contributed by atoms with Gasteiger partial charge in [0, 0.05) is 12.1 Å². The highest BCUT2D eigenvalue weighted by Crippen LogP contribution is 2.25. The molecule has 0 aliphatic heterocycles. The molecule has 1 N–H and O–H groups in total. The van der Waals surface area contributed by atoms with E-state index in [1.54, 1.807) is 11.3 Å². The Morgan fingerprint density at radius 2 is 1.88 bits per heavy atom. The lowest BCUT2D eigenvalue weighted by Gasteiger charge is -2.04. The number of nitrogens with zero attached hydrogens (tertiary/aromatic N) is 2. The van der Waals surface area contributed by atoms with Crippen LogP contribution in [-0.2, 0) is 6.54 Å². The normalized spacial score (nSPS) is 11.1.